The molecule has 0 bridgehead atoms. The number of halogens is 2. The molecule has 6 heteroatoms. The molecule has 29 heavy (non-hydrogen) atoms. The first-order valence-corrected chi connectivity index (χ1v) is 9.49. The minimum Gasteiger partial charge on any atom is -0.385 e. The normalized spacial score (nSPS) is 10.9. The molecule has 0 aliphatic carbocycles. The minimum absolute atomic E-state index is 0.157. The Kier molecular flexibility index (Phi) is 7.14. The molecule has 0 fully saturated rings. The molecule has 0 saturated heterocycles. The predicted octanol–water partition coefficient (Wildman–Crippen LogP) is 4.49. The summed E-state index contributed by atoms with van der Waals surface area (Å²) in [5.41, 5.74) is 2.38. The van der Waals surface area contributed by atoms with Crippen molar-refractivity contribution in [2.45, 2.75) is 19.5 Å². The van der Waals surface area contributed by atoms with Gasteiger partial charge in [0.2, 0.25) is 0 Å². The number of hydrogen-bond acceptors (Lipinski definition) is 2. The SMILES string of the molecule is COCCCN(Cc1cccn1Cc1ccc(F)cc1)C(=O)c1ccc(F)cc1. The average molecular weight is 398 g/mol. The van der Waals surface area contributed by atoms with Crippen LogP contribution in [0.15, 0.2) is 66.9 Å². The predicted molar refractivity (Wildman–Crippen MR) is 108 cm³/mol. The van der Waals surface area contributed by atoms with Crippen molar-refractivity contribution in [1.82, 2.24) is 9.47 Å². The number of rotatable bonds is 9. The number of benzene rings is 2. The second kappa shape index (κ2) is 9.98. The van der Waals surface area contributed by atoms with Crippen LogP contribution >= 0.6 is 0 Å². The molecule has 1 aromatic heterocycles. The third-order valence-corrected chi connectivity index (χ3v) is 4.70. The lowest BCUT2D eigenvalue weighted by Gasteiger charge is -2.24. The maximum absolute atomic E-state index is 13.2. The number of carbonyl (C=O) groups is 1. The van der Waals surface area contributed by atoms with Crippen molar-refractivity contribution in [2.75, 3.05) is 20.3 Å². The van der Waals surface area contributed by atoms with E-state index in [9.17, 15) is 13.6 Å². The quantitative estimate of drug-likeness (QED) is 0.498. The topological polar surface area (TPSA) is 34.5 Å². The van der Waals surface area contributed by atoms with Gasteiger partial charge < -0.3 is 14.2 Å². The molecule has 0 radical (unpaired) electrons. The van der Waals surface area contributed by atoms with Crippen LogP contribution in [0.2, 0.25) is 0 Å². The van der Waals surface area contributed by atoms with E-state index in [1.54, 1.807) is 24.1 Å². The smallest absolute Gasteiger partial charge is 0.254 e. The third-order valence-electron chi connectivity index (χ3n) is 4.70. The lowest BCUT2D eigenvalue weighted by atomic mass is 10.1. The van der Waals surface area contributed by atoms with Crippen molar-refractivity contribution in [3.8, 4) is 0 Å². The summed E-state index contributed by atoms with van der Waals surface area (Å²) in [6.45, 7) is 2.06. The van der Waals surface area contributed by atoms with Gasteiger partial charge in [0.15, 0.2) is 0 Å². The van der Waals surface area contributed by atoms with Crippen molar-refractivity contribution < 1.29 is 18.3 Å². The van der Waals surface area contributed by atoms with Gasteiger partial charge in [-0.25, -0.2) is 8.78 Å². The fourth-order valence-electron chi connectivity index (χ4n) is 3.16. The molecule has 0 saturated carbocycles. The van der Waals surface area contributed by atoms with Crippen molar-refractivity contribution in [3.63, 3.8) is 0 Å². The molecule has 0 unspecified atom stereocenters. The Morgan fingerprint density at radius 1 is 1.00 bits per heavy atom. The molecule has 4 nitrogen and oxygen atoms in total. The Morgan fingerprint density at radius 2 is 1.66 bits per heavy atom. The molecule has 2 aromatic carbocycles. The highest BCUT2D eigenvalue weighted by Crippen LogP contribution is 2.15. The van der Waals surface area contributed by atoms with Gasteiger partial charge in [0.25, 0.3) is 5.91 Å². The number of hydrogen-bond donors (Lipinski definition) is 0. The van der Waals surface area contributed by atoms with E-state index in [1.807, 2.05) is 22.9 Å². The van der Waals surface area contributed by atoms with Crippen LogP contribution in [-0.4, -0.2) is 35.6 Å². The number of methoxy groups -OCH3 is 1. The third kappa shape index (κ3) is 5.74. The van der Waals surface area contributed by atoms with Gasteiger partial charge in [0.1, 0.15) is 11.6 Å². The summed E-state index contributed by atoms with van der Waals surface area (Å²) in [5, 5.41) is 0. The molecule has 1 amide bonds. The Hall–Kier alpha value is -2.99. The molecular formula is C23H24F2N2O2. The molecule has 1 heterocycles. The number of amides is 1. The molecule has 0 atom stereocenters. The second-order valence-corrected chi connectivity index (χ2v) is 6.83. The molecule has 0 aliphatic rings. The summed E-state index contributed by atoms with van der Waals surface area (Å²) < 4.78 is 33.5. The van der Waals surface area contributed by atoms with Crippen molar-refractivity contribution >= 4 is 5.91 Å². The van der Waals surface area contributed by atoms with E-state index in [1.165, 1.54) is 36.4 Å². The van der Waals surface area contributed by atoms with E-state index in [2.05, 4.69) is 0 Å². The van der Waals surface area contributed by atoms with Crippen molar-refractivity contribution in [3.05, 3.63) is 95.3 Å². The van der Waals surface area contributed by atoms with E-state index in [4.69, 9.17) is 4.74 Å². The highest BCUT2D eigenvalue weighted by atomic mass is 19.1. The molecule has 0 aliphatic heterocycles. The summed E-state index contributed by atoms with van der Waals surface area (Å²) in [6, 6.07) is 15.8. The fourth-order valence-corrected chi connectivity index (χ4v) is 3.16. The van der Waals surface area contributed by atoms with Gasteiger partial charge in [-0.15, -0.1) is 0 Å². The maximum Gasteiger partial charge on any atom is 0.254 e. The first kappa shape index (κ1) is 20.7. The van der Waals surface area contributed by atoms with Crippen LogP contribution in [0.4, 0.5) is 8.78 Å². The monoisotopic (exact) mass is 398 g/mol. The largest absolute Gasteiger partial charge is 0.385 e. The lowest BCUT2D eigenvalue weighted by Crippen LogP contribution is -2.33. The van der Waals surface area contributed by atoms with Gasteiger partial charge in [-0.3, -0.25) is 4.79 Å². The summed E-state index contributed by atoms with van der Waals surface area (Å²) in [4.78, 5) is 14.7. The van der Waals surface area contributed by atoms with E-state index >= 15 is 0 Å². The van der Waals surface area contributed by atoms with Gasteiger partial charge >= 0.3 is 0 Å². The minimum atomic E-state index is -0.374. The van der Waals surface area contributed by atoms with Crippen LogP contribution in [0.3, 0.4) is 0 Å². The highest BCUT2D eigenvalue weighted by molar-refractivity contribution is 5.94. The highest BCUT2D eigenvalue weighted by Gasteiger charge is 2.17. The zero-order valence-corrected chi connectivity index (χ0v) is 16.4. The number of carbonyl (C=O) groups excluding carboxylic acids is 1. The van der Waals surface area contributed by atoms with Gasteiger partial charge in [-0.05, 0) is 60.5 Å². The molecule has 0 spiro atoms. The molecule has 3 rings (SSSR count). The maximum atomic E-state index is 13.2. The van der Waals surface area contributed by atoms with Crippen LogP contribution < -0.4 is 0 Å². The van der Waals surface area contributed by atoms with Gasteiger partial charge in [-0.2, -0.15) is 0 Å². The zero-order chi connectivity index (χ0) is 20.6. The molecule has 0 N–H and O–H groups in total. The number of ether oxygens (including phenoxy) is 1. The van der Waals surface area contributed by atoms with E-state index in [0.717, 1.165) is 11.3 Å². The van der Waals surface area contributed by atoms with Crippen molar-refractivity contribution in [1.29, 1.82) is 0 Å². The first-order valence-electron chi connectivity index (χ1n) is 9.49. The van der Waals surface area contributed by atoms with E-state index in [-0.39, 0.29) is 17.5 Å². The summed E-state index contributed by atoms with van der Waals surface area (Å²) in [6.07, 6.45) is 2.64. The molecular weight excluding hydrogens is 374 g/mol. The summed E-state index contributed by atoms with van der Waals surface area (Å²) >= 11 is 0. The van der Waals surface area contributed by atoms with Crippen LogP contribution in [0.25, 0.3) is 0 Å². The van der Waals surface area contributed by atoms with E-state index < -0.39 is 0 Å². The summed E-state index contributed by atoms with van der Waals surface area (Å²) in [5.74, 6) is -0.799. The van der Waals surface area contributed by atoms with Gasteiger partial charge in [0, 0.05) is 44.3 Å². The standard InChI is InChI=1S/C23H24F2N2O2/c1-29-15-3-14-27(23(28)19-7-11-21(25)12-8-19)17-22-4-2-13-26(22)16-18-5-9-20(24)10-6-18/h2,4-13H,3,14-17H2,1H3. The first-order chi connectivity index (χ1) is 14.1. The average Bonchev–Trinajstić information content (AvgIpc) is 3.16. The van der Waals surface area contributed by atoms with Crippen LogP contribution in [0.1, 0.15) is 28.0 Å². The fraction of sp³-hybridized carbons (Fsp3) is 0.261. The van der Waals surface area contributed by atoms with Crippen molar-refractivity contribution in [2.24, 2.45) is 0 Å². The van der Waals surface area contributed by atoms with Crippen LogP contribution in [0.5, 0.6) is 0 Å². The van der Waals surface area contributed by atoms with Crippen LogP contribution in [0, 0.1) is 11.6 Å². The molecule has 152 valence electrons. The molecule has 3 aromatic rings. The van der Waals surface area contributed by atoms with E-state index in [0.29, 0.717) is 38.2 Å². The zero-order valence-electron chi connectivity index (χ0n) is 16.4. The number of aromatic nitrogens is 1. The van der Waals surface area contributed by atoms with Crippen LogP contribution in [-0.2, 0) is 17.8 Å². The lowest BCUT2D eigenvalue weighted by molar-refractivity contribution is 0.0720. The van der Waals surface area contributed by atoms with Gasteiger partial charge in [0.05, 0.1) is 6.54 Å². The Labute approximate surface area is 169 Å². The Balaban J connectivity index is 1.77. The Bertz CT molecular complexity index is 921. The van der Waals surface area contributed by atoms with Gasteiger partial charge in [-0.1, -0.05) is 12.1 Å². The second-order valence-electron chi connectivity index (χ2n) is 6.83. The summed E-state index contributed by atoms with van der Waals surface area (Å²) in [7, 11) is 1.62. The Morgan fingerprint density at radius 3 is 2.31 bits per heavy atom. The number of nitrogens with zero attached hydrogens (tertiary/aromatic N) is 2.